The fourth-order valence-corrected chi connectivity index (χ4v) is 2.48. The van der Waals surface area contributed by atoms with Gasteiger partial charge in [0.25, 0.3) is 5.69 Å². The third-order valence-electron chi connectivity index (χ3n) is 3.85. The van der Waals surface area contributed by atoms with E-state index in [1.807, 2.05) is 44.1 Å². The summed E-state index contributed by atoms with van der Waals surface area (Å²) in [5, 5.41) is 15.0. The number of aromatic nitrogens is 2. The van der Waals surface area contributed by atoms with E-state index >= 15 is 0 Å². The van der Waals surface area contributed by atoms with Crippen LogP contribution in [0.15, 0.2) is 42.5 Å². The molecule has 3 aromatic rings. The van der Waals surface area contributed by atoms with Crippen LogP contribution in [-0.2, 0) is 6.54 Å². The highest BCUT2D eigenvalue weighted by Crippen LogP contribution is 2.24. The molecule has 0 saturated carbocycles. The molecular formula is C18H19N5O2. The Kier molecular flexibility index (Phi) is 4.47. The topological polar surface area (TPSA) is 84.2 Å². The van der Waals surface area contributed by atoms with Gasteiger partial charge in [-0.15, -0.1) is 0 Å². The van der Waals surface area contributed by atoms with Crippen molar-refractivity contribution in [2.75, 3.05) is 24.3 Å². The summed E-state index contributed by atoms with van der Waals surface area (Å²) in [6.07, 6.45) is 0. The number of nitro groups is 1. The maximum absolute atomic E-state index is 10.7. The number of hydrogen-bond acceptors (Lipinski definition) is 6. The minimum atomic E-state index is -0.402. The second kappa shape index (κ2) is 6.72. The van der Waals surface area contributed by atoms with E-state index in [9.17, 15) is 10.1 Å². The van der Waals surface area contributed by atoms with Crippen LogP contribution in [0, 0.1) is 17.0 Å². The van der Waals surface area contributed by atoms with E-state index < -0.39 is 4.92 Å². The van der Waals surface area contributed by atoms with E-state index in [-0.39, 0.29) is 5.69 Å². The molecule has 0 spiro atoms. The van der Waals surface area contributed by atoms with Crippen molar-refractivity contribution >= 4 is 28.4 Å². The van der Waals surface area contributed by atoms with Gasteiger partial charge in [0.2, 0.25) is 5.95 Å². The Morgan fingerprint density at radius 2 is 1.84 bits per heavy atom. The Labute approximate surface area is 145 Å². The fraction of sp³-hybridized carbons (Fsp3) is 0.222. The number of benzene rings is 2. The van der Waals surface area contributed by atoms with Crippen LogP contribution in [0.25, 0.3) is 10.9 Å². The molecule has 0 radical (unpaired) electrons. The minimum Gasteiger partial charge on any atom is -0.365 e. The van der Waals surface area contributed by atoms with Gasteiger partial charge in [0.15, 0.2) is 0 Å². The smallest absolute Gasteiger partial charge is 0.269 e. The van der Waals surface area contributed by atoms with Gasteiger partial charge in [-0.1, -0.05) is 18.2 Å². The van der Waals surface area contributed by atoms with Crippen LogP contribution < -0.4 is 10.2 Å². The summed E-state index contributed by atoms with van der Waals surface area (Å²) in [5.74, 6) is 1.37. The Hall–Kier alpha value is -3.22. The molecule has 0 aliphatic rings. The number of non-ortho nitro benzene ring substituents is 1. The number of anilines is 2. The number of aryl methyl sites for hydroxylation is 1. The molecule has 7 nitrogen and oxygen atoms in total. The maximum Gasteiger partial charge on any atom is 0.269 e. The fourth-order valence-electron chi connectivity index (χ4n) is 2.48. The highest BCUT2D eigenvalue weighted by Gasteiger charge is 2.10. The van der Waals surface area contributed by atoms with Gasteiger partial charge in [0.1, 0.15) is 5.82 Å². The lowest BCUT2D eigenvalue weighted by atomic mass is 10.1. The van der Waals surface area contributed by atoms with Crippen molar-refractivity contribution in [2.24, 2.45) is 0 Å². The zero-order valence-corrected chi connectivity index (χ0v) is 14.4. The van der Waals surface area contributed by atoms with Crippen molar-refractivity contribution < 1.29 is 4.92 Å². The zero-order chi connectivity index (χ0) is 18.0. The molecule has 2 aromatic carbocycles. The first-order valence-electron chi connectivity index (χ1n) is 7.87. The third-order valence-corrected chi connectivity index (χ3v) is 3.85. The number of nitrogens with zero attached hydrogens (tertiary/aromatic N) is 4. The predicted octanol–water partition coefficient (Wildman–Crippen LogP) is 3.52. The Morgan fingerprint density at radius 3 is 2.48 bits per heavy atom. The second-order valence-corrected chi connectivity index (χ2v) is 6.06. The van der Waals surface area contributed by atoms with Gasteiger partial charge in [-0.25, -0.2) is 4.98 Å². The van der Waals surface area contributed by atoms with Gasteiger partial charge in [-0.3, -0.25) is 10.1 Å². The first kappa shape index (κ1) is 16.6. The molecule has 0 unspecified atom stereocenters. The molecule has 25 heavy (non-hydrogen) atoms. The quantitative estimate of drug-likeness (QED) is 0.566. The third kappa shape index (κ3) is 3.65. The van der Waals surface area contributed by atoms with Crippen molar-refractivity contribution in [3.8, 4) is 0 Å². The van der Waals surface area contributed by atoms with Crippen LogP contribution in [-0.4, -0.2) is 29.0 Å². The molecule has 0 saturated heterocycles. The van der Waals surface area contributed by atoms with Gasteiger partial charge < -0.3 is 10.2 Å². The standard InChI is InChI=1S/C18H19N5O2/c1-12-4-9-15-16(10-12)20-18(22(2)3)21-17(15)19-11-13-5-7-14(8-6-13)23(24)25/h4-10H,11H2,1-3H3,(H,19,20,21). The molecule has 0 amide bonds. The second-order valence-electron chi connectivity index (χ2n) is 6.06. The van der Waals surface area contributed by atoms with Crippen molar-refractivity contribution in [1.82, 2.24) is 9.97 Å². The number of fused-ring (bicyclic) bond motifs is 1. The highest BCUT2D eigenvalue weighted by molar-refractivity contribution is 5.90. The first-order chi connectivity index (χ1) is 11.9. The molecule has 7 heteroatoms. The molecule has 0 aliphatic heterocycles. The van der Waals surface area contributed by atoms with Crippen molar-refractivity contribution in [3.63, 3.8) is 0 Å². The average molecular weight is 337 g/mol. The molecule has 0 aliphatic carbocycles. The van der Waals surface area contributed by atoms with E-state index in [0.29, 0.717) is 12.5 Å². The van der Waals surface area contributed by atoms with Crippen LogP contribution in [0.2, 0.25) is 0 Å². The highest BCUT2D eigenvalue weighted by atomic mass is 16.6. The summed E-state index contributed by atoms with van der Waals surface area (Å²) >= 11 is 0. The molecular weight excluding hydrogens is 318 g/mol. The normalized spacial score (nSPS) is 10.7. The van der Waals surface area contributed by atoms with Gasteiger partial charge >= 0.3 is 0 Å². The summed E-state index contributed by atoms with van der Waals surface area (Å²) in [6, 6.07) is 12.5. The lowest BCUT2D eigenvalue weighted by molar-refractivity contribution is -0.384. The summed E-state index contributed by atoms with van der Waals surface area (Å²) < 4.78 is 0. The van der Waals surface area contributed by atoms with E-state index in [1.54, 1.807) is 12.1 Å². The van der Waals surface area contributed by atoms with Gasteiger partial charge in [0.05, 0.1) is 10.4 Å². The van der Waals surface area contributed by atoms with Gasteiger partial charge in [-0.05, 0) is 30.2 Å². The minimum absolute atomic E-state index is 0.0848. The van der Waals surface area contributed by atoms with E-state index in [0.717, 1.165) is 27.8 Å². The van der Waals surface area contributed by atoms with E-state index in [1.165, 1.54) is 12.1 Å². The molecule has 1 N–H and O–H groups in total. The monoisotopic (exact) mass is 337 g/mol. The SMILES string of the molecule is Cc1ccc2c(NCc3ccc([N+](=O)[O-])cc3)nc(N(C)C)nc2c1. The Bertz CT molecular complexity index is 923. The summed E-state index contributed by atoms with van der Waals surface area (Å²) in [5.41, 5.74) is 3.04. The number of rotatable bonds is 5. The molecule has 128 valence electrons. The van der Waals surface area contributed by atoms with Crippen molar-refractivity contribution in [2.45, 2.75) is 13.5 Å². The molecule has 1 aromatic heterocycles. The van der Waals surface area contributed by atoms with E-state index in [2.05, 4.69) is 15.3 Å². The summed E-state index contributed by atoms with van der Waals surface area (Å²) in [6.45, 7) is 2.55. The predicted molar refractivity (Wildman–Crippen MR) is 99.0 cm³/mol. The lowest BCUT2D eigenvalue weighted by Gasteiger charge is -2.15. The number of nitrogens with one attached hydrogen (secondary N) is 1. The van der Waals surface area contributed by atoms with Crippen LogP contribution in [0.5, 0.6) is 0 Å². The van der Waals surface area contributed by atoms with E-state index in [4.69, 9.17) is 0 Å². The first-order valence-corrected chi connectivity index (χ1v) is 7.87. The molecule has 0 atom stereocenters. The van der Waals surface area contributed by atoms with Crippen molar-refractivity contribution in [3.05, 3.63) is 63.7 Å². The van der Waals surface area contributed by atoms with Gasteiger partial charge in [-0.2, -0.15) is 4.98 Å². The molecule has 0 bridgehead atoms. The summed E-state index contributed by atoms with van der Waals surface area (Å²) in [4.78, 5) is 21.4. The van der Waals surface area contributed by atoms with Crippen LogP contribution in [0.4, 0.5) is 17.5 Å². The Balaban J connectivity index is 1.90. The van der Waals surface area contributed by atoms with Crippen LogP contribution >= 0.6 is 0 Å². The van der Waals surface area contributed by atoms with Crippen LogP contribution in [0.3, 0.4) is 0 Å². The van der Waals surface area contributed by atoms with Crippen LogP contribution in [0.1, 0.15) is 11.1 Å². The zero-order valence-electron chi connectivity index (χ0n) is 14.4. The largest absolute Gasteiger partial charge is 0.365 e. The number of hydrogen-bond donors (Lipinski definition) is 1. The van der Waals surface area contributed by atoms with Crippen molar-refractivity contribution in [1.29, 1.82) is 0 Å². The van der Waals surface area contributed by atoms with Gasteiger partial charge in [0, 0.05) is 38.2 Å². The molecule has 1 heterocycles. The summed E-state index contributed by atoms with van der Waals surface area (Å²) in [7, 11) is 3.80. The maximum atomic E-state index is 10.7. The number of nitro benzene ring substituents is 1. The molecule has 0 fully saturated rings. The molecule has 3 rings (SSSR count). The lowest BCUT2D eigenvalue weighted by Crippen LogP contribution is -2.14. The average Bonchev–Trinajstić information content (AvgIpc) is 2.59. The Morgan fingerprint density at radius 1 is 1.12 bits per heavy atom.